The van der Waals surface area contributed by atoms with Crippen molar-refractivity contribution in [2.24, 2.45) is 5.16 Å². The monoisotopic (exact) mass is 416 g/mol. The first-order valence-corrected chi connectivity index (χ1v) is 10.5. The first-order valence-electron chi connectivity index (χ1n) is 8.16. The van der Waals surface area contributed by atoms with Crippen molar-refractivity contribution in [2.45, 2.75) is 30.3 Å². The Kier molecular flexibility index (Phi) is 5.61. The fourth-order valence-corrected chi connectivity index (χ4v) is 5.97. The van der Waals surface area contributed by atoms with Gasteiger partial charge in [-0.2, -0.15) is 4.31 Å². The molecule has 2 aromatic rings. The van der Waals surface area contributed by atoms with Gasteiger partial charge in [0.2, 0.25) is 10.0 Å². The Morgan fingerprint density at radius 2 is 2.07 bits per heavy atom. The van der Waals surface area contributed by atoms with E-state index >= 15 is 0 Å². The quantitative estimate of drug-likeness (QED) is 0.579. The number of fused-ring (bicyclic) bond motifs is 1. The summed E-state index contributed by atoms with van der Waals surface area (Å²) in [7, 11) is -2.66. The van der Waals surface area contributed by atoms with Crippen LogP contribution in [-0.4, -0.2) is 42.3 Å². The van der Waals surface area contributed by atoms with Gasteiger partial charge in [0.25, 0.3) is 0 Å². The highest BCUT2D eigenvalue weighted by molar-refractivity contribution is 7.89. The van der Waals surface area contributed by atoms with Crippen LogP contribution in [0.3, 0.4) is 0 Å². The van der Waals surface area contributed by atoms with Crippen molar-refractivity contribution >= 4 is 27.1 Å². The molecule has 1 aromatic carbocycles. The lowest BCUT2D eigenvalue weighted by Crippen LogP contribution is -2.32. The molecule has 1 aromatic heterocycles. The SMILES string of the molecule is CN(CC(O)c1ccc(F)cc1F)S(=O)(=O)c1csc2c1CCC/C2=N\O. The molecule has 0 amide bonds. The molecule has 3 rings (SSSR count). The van der Waals surface area contributed by atoms with Gasteiger partial charge in [-0.25, -0.2) is 17.2 Å². The van der Waals surface area contributed by atoms with Crippen molar-refractivity contribution in [3.8, 4) is 0 Å². The van der Waals surface area contributed by atoms with E-state index in [0.717, 1.165) is 16.4 Å². The van der Waals surface area contributed by atoms with Crippen LogP contribution in [-0.2, 0) is 16.4 Å². The maximum Gasteiger partial charge on any atom is 0.244 e. The Morgan fingerprint density at radius 3 is 2.74 bits per heavy atom. The predicted octanol–water partition coefficient (Wildman–Crippen LogP) is 2.90. The Hall–Kier alpha value is -1.88. The van der Waals surface area contributed by atoms with E-state index in [9.17, 15) is 22.3 Å². The largest absolute Gasteiger partial charge is 0.411 e. The van der Waals surface area contributed by atoms with Gasteiger partial charge in [0.15, 0.2) is 0 Å². The molecule has 0 saturated heterocycles. The van der Waals surface area contributed by atoms with E-state index < -0.39 is 34.3 Å². The van der Waals surface area contributed by atoms with E-state index in [4.69, 9.17) is 5.21 Å². The van der Waals surface area contributed by atoms with Gasteiger partial charge in [-0.3, -0.25) is 0 Å². The number of hydrogen-bond acceptors (Lipinski definition) is 6. The molecule has 27 heavy (non-hydrogen) atoms. The van der Waals surface area contributed by atoms with Crippen LogP contribution in [0.15, 0.2) is 33.6 Å². The number of aliphatic hydroxyl groups excluding tert-OH is 1. The minimum Gasteiger partial charge on any atom is -0.411 e. The van der Waals surface area contributed by atoms with Gasteiger partial charge in [0, 0.05) is 30.6 Å². The standard InChI is InChI=1S/C17H18F2N2O4S2/c1-21(8-15(22)11-6-5-10(18)7-13(11)19)27(24,25)16-9-26-17-12(16)3-2-4-14(17)20-23/h5-7,9,15,22-23H,2-4,8H2,1H3/b20-14+. The zero-order valence-corrected chi connectivity index (χ0v) is 16.0. The van der Waals surface area contributed by atoms with E-state index in [1.165, 1.54) is 23.8 Å². The van der Waals surface area contributed by atoms with Gasteiger partial charge in [0.05, 0.1) is 21.6 Å². The van der Waals surface area contributed by atoms with Crippen LogP contribution < -0.4 is 0 Å². The molecular weight excluding hydrogens is 398 g/mol. The second kappa shape index (κ2) is 7.63. The minimum absolute atomic E-state index is 0.0950. The number of likely N-dealkylation sites (N-methyl/N-ethyl adjacent to an activating group) is 1. The molecule has 0 aliphatic heterocycles. The van der Waals surface area contributed by atoms with Crippen LogP contribution in [0, 0.1) is 11.6 Å². The molecular formula is C17H18F2N2O4S2. The van der Waals surface area contributed by atoms with Crippen molar-refractivity contribution in [3.63, 3.8) is 0 Å². The number of aliphatic hydroxyl groups is 1. The molecule has 0 fully saturated rings. The first kappa shape index (κ1) is 19.9. The van der Waals surface area contributed by atoms with E-state index in [2.05, 4.69) is 5.16 Å². The second-order valence-electron chi connectivity index (χ2n) is 6.28. The fourth-order valence-electron chi connectivity index (χ4n) is 3.08. The molecule has 146 valence electrons. The molecule has 2 N–H and O–H groups in total. The van der Waals surface area contributed by atoms with Gasteiger partial charge in [-0.15, -0.1) is 11.3 Å². The van der Waals surface area contributed by atoms with Gasteiger partial charge in [-0.1, -0.05) is 11.2 Å². The number of benzene rings is 1. The number of thiophene rings is 1. The summed E-state index contributed by atoms with van der Waals surface area (Å²) in [5.41, 5.74) is 0.868. The topological polar surface area (TPSA) is 90.2 Å². The molecule has 1 atom stereocenters. The molecule has 1 aliphatic carbocycles. The second-order valence-corrected chi connectivity index (χ2v) is 9.17. The van der Waals surface area contributed by atoms with E-state index in [1.807, 2.05) is 0 Å². The molecule has 0 saturated carbocycles. The predicted molar refractivity (Wildman–Crippen MR) is 96.7 cm³/mol. The van der Waals surface area contributed by atoms with Gasteiger partial charge >= 0.3 is 0 Å². The summed E-state index contributed by atoms with van der Waals surface area (Å²) in [6.07, 6.45) is 0.324. The average Bonchev–Trinajstić information content (AvgIpc) is 3.06. The van der Waals surface area contributed by atoms with Crippen molar-refractivity contribution in [1.82, 2.24) is 4.31 Å². The number of nitrogens with zero attached hydrogens (tertiary/aromatic N) is 2. The lowest BCUT2D eigenvalue weighted by molar-refractivity contribution is 0.150. The summed E-state index contributed by atoms with van der Waals surface area (Å²) < 4.78 is 53.6. The van der Waals surface area contributed by atoms with E-state index in [0.29, 0.717) is 41.5 Å². The number of oxime groups is 1. The summed E-state index contributed by atoms with van der Waals surface area (Å²) >= 11 is 1.19. The molecule has 6 nitrogen and oxygen atoms in total. The summed E-state index contributed by atoms with van der Waals surface area (Å²) in [5, 5.41) is 24.0. The number of rotatable bonds is 5. The maximum absolute atomic E-state index is 13.8. The number of halogens is 2. The van der Waals surface area contributed by atoms with Crippen molar-refractivity contribution < 1.29 is 27.5 Å². The third-order valence-electron chi connectivity index (χ3n) is 4.52. The highest BCUT2D eigenvalue weighted by Gasteiger charge is 2.31. The van der Waals surface area contributed by atoms with Crippen LogP contribution in [0.25, 0.3) is 0 Å². The molecule has 0 spiro atoms. The Morgan fingerprint density at radius 1 is 1.33 bits per heavy atom. The lowest BCUT2D eigenvalue weighted by Gasteiger charge is -2.22. The molecule has 10 heteroatoms. The summed E-state index contributed by atoms with van der Waals surface area (Å²) in [4.78, 5) is 0.735. The zero-order valence-electron chi connectivity index (χ0n) is 14.4. The van der Waals surface area contributed by atoms with Gasteiger partial charge in [-0.05, 0) is 30.9 Å². The van der Waals surface area contributed by atoms with Crippen LogP contribution in [0.1, 0.15) is 34.9 Å². The third kappa shape index (κ3) is 3.75. The third-order valence-corrected chi connectivity index (χ3v) is 7.63. The van der Waals surface area contributed by atoms with Gasteiger partial charge in [0.1, 0.15) is 11.6 Å². The maximum atomic E-state index is 13.8. The summed E-state index contributed by atoms with van der Waals surface area (Å²) in [6.45, 7) is -0.392. The summed E-state index contributed by atoms with van der Waals surface area (Å²) in [6, 6.07) is 2.73. The van der Waals surface area contributed by atoms with Crippen molar-refractivity contribution in [2.75, 3.05) is 13.6 Å². The van der Waals surface area contributed by atoms with Crippen LogP contribution in [0.2, 0.25) is 0 Å². The van der Waals surface area contributed by atoms with E-state index in [1.54, 1.807) is 0 Å². The smallest absolute Gasteiger partial charge is 0.244 e. The molecule has 0 radical (unpaired) electrons. The zero-order chi connectivity index (χ0) is 19.8. The van der Waals surface area contributed by atoms with Crippen molar-refractivity contribution in [1.29, 1.82) is 0 Å². The lowest BCUT2D eigenvalue weighted by atomic mass is 9.98. The molecule has 1 unspecified atom stereocenters. The van der Waals surface area contributed by atoms with Crippen molar-refractivity contribution in [3.05, 3.63) is 51.2 Å². The highest BCUT2D eigenvalue weighted by Crippen LogP contribution is 2.35. The summed E-state index contributed by atoms with van der Waals surface area (Å²) in [5.74, 6) is -1.72. The number of sulfonamides is 1. The Balaban J connectivity index is 1.86. The molecule has 1 heterocycles. The minimum atomic E-state index is -3.94. The average molecular weight is 416 g/mol. The Labute approximate surface area is 159 Å². The molecule has 1 aliphatic rings. The van der Waals surface area contributed by atoms with Gasteiger partial charge < -0.3 is 10.3 Å². The van der Waals surface area contributed by atoms with E-state index in [-0.39, 0.29) is 10.5 Å². The first-order chi connectivity index (χ1) is 12.8. The Bertz CT molecular complexity index is 989. The van der Waals surface area contributed by atoms with Crippen LogP contribution in [0.5, 0.6) is 0 Å². The van der Waals surface area contributed by atoms with Crippen LogP contribution >= 0.6 is 11.3 Å². The molecule has 0 bridgehead atoms. The number of hydrogen-bond donors (Lipinski definition) is 2. The highest BCUT2D eigenvalue weighted by atomic mass is 32.2. The van der Waals surface area contributed by atoms with Crippen LogP contribution in [0.4, 0.5) is 8.78 Å². The fraction of sp³-hybridized carbons (Fsp3) is 0.353. The normalized spacial score (nSPS) is 17.3.